The molecule has 5 aliphatic rings. The number of carbonyl (C=O) groups excluding carboxylic acids is 2. The van der Waals surface area contributed by atoms with Crippen molar-refractivity contribution in [3.63, 3.8) is 0 Å². The largest absolute Gasteiger partial charge is 0.393 e. The van der Waals surface area contributed by atoms with Gasteiger partial charge in [0.2, 0.25) is 0 Å². The van der Waals surface area contributed by atoms with Gasteiger partial charge in [0.15, 0.2) is 23.5 Å². The van der Waals surface area contributed by atoms with Crippen molar-refractivity contribution in [1.29, 1.82) is 0 Å². The number of allylic oxidation sites excluding steroid dienone is 4. The molecule has 2 heterocycles. The van der Waals surface area contributed by atoms with Crippen molar-refractivity contribution < 1.29 is 33.7 Å². The third-order valence-corrected chi connectivity index (χ3v) is 10.6. The lowest BCUT2D eigenvalue weighted by atomic mass is 9.46. The summed E-state index contributed by atoms with van der Waals surface area (Å²) in [6.07, 6.45) is 5.26. The van der Waals surface area contributed by atoms with Crippen LogP contribution in [-0.2, 0) is 19.1 Å². The van der Waals surface area contributed by atoms with Gasteiger partial charge in [0.25, 0.3) is 0 Å². The Balaban J connectivity index is 1.41. The Bertz CT molecular complexity index is 1130. The van der Waals surface area contributed by atoms with Gasteiger partial charge in [0.05, 0.1) is 17.1 Å². The quantitative estimate of drug-likeness (QED) is 0.677. The lowest BCUT2D eigenvalue weighted by Crippen LogP contribution is -2.63. The molecular weight excluding hydrogens is 459 g/mol. The summed E-state index contributed by atoms with van der Waals surface area (Å²) in [6, 6.07) is 1.34. The molecule has 3 saturated carbocycles. The van der Waals surface area contributed by atoms with Gasteiger partial charge in [-0.05, 0) is 61.1 Å². The molecule has 4 fully saturated rings. The van der Waals surface area contributed by atoms with Crippen LogP contribution in [0.25, 0.3) is 0 Å². The second-order valence-electron chi connectivity index (χ2n) is 11.0. The minimum atomic E-state index is -1.45. The first-order valence-corrected chi connectivity index (χ1v) is 12.9. The Kier molecular flexibility index (Phi) is 4.95. The Labute approximate surface area is 201 Å². The lowest BCUT2D eigenvalue weighted by Gasteiger charge is -2.59. The van der Waals surface area contributed by atoms with Gasteiger partial charge in [0, 0.05) is 16.7 Å². The van der Waals surface area contributed by atoms with Crippen LogP contribution in [0.2, 0.25) is 0 Å². The first-order chi connectivity index (χ1) is 16.2. The topological polar surface area (TPSA) is 93.1 Å². The maximum absolute atomic E-state index is 14.4. The first-order valence-electron chi connectivity index (χ1n) is 12.0. The molecule has 34 heavy (non-hydrogen) atoms. The number of ketones is 2. The van der Waals surface area contributed by atoms with E-state index in [-0.39, 0.29) is 28.4 Å². The van der Waals surface area contributed by atoms with E-state index in [1.807, 2.05) is 13.0 Å². The molecular formula is C26H29FO6S. The van der Waals surface area contributed by atoms with E-state index in [0.717, 1.165) is 18.4 Å². The van der Waals surface area contributed by atoms with Gasteiger partial charge in [0.1, 0.15) is 12.4 Å². The molecule has 9 atom stereocenters. The summed E-state index contributed by atoms with van der Waals surface area (Å²) in [4.78, 5) is 25.7. The van der Waals surface area contributed by atoms with E-state index in [0.29, 0.717) is 12.8 Å². The minimum absolute atomic E-state index is 0.0138. The van der Waals surface area contributed by atoms with Crippen LogP contribution in [0.5, 0.6) is 0 Å². The van der Waals surface area contributed by atoms with Gasteiger partial charge in [-0.15, -0.1) is 11.3 Å². The summed E-state index contributed by atoms with van der Waals surface area (Å²) in [7, 11) is 0. The van der Waals surface area contributed by atoms with E-state index < -0.39 is 53.1 Å². The highest BCUT2D eigenvalue weighted by Gasteiger charge is 2.76. The summed E-state index contributed by atoms with van der Waals surface area (Å²) in [6.45, 7) is 3.36. The molecule has 6 nitrogen and oxygen atoms in total. The molecule has 0 spiro atoms. The summed E-state index contributed by atoms with van der Waals surface area (Å²) in [5, 5.41) is 23.2. The van der Waals surface area contributed by atoms with Gasteiger partial charge in [-0.1, -0.05) is 25.5 Å². The van der Waals surface area contributed by atoms with Crippen molar-refractivity contribution in [2.75, 3.05) is 6.61 Å². The van der Waals surface area contributed by atoms with Crippen LogP contribution in [0, 0.1) is 34.4 Å². The molecule has 1 aromatic rings. The molecule has 1 saturated heterocycles. The van der Waals surface area contributed by atoms with Crippen LogP contribution >= 0.6 is 11.3 Å². The first kappa shape index (κ1) is 22.7. The predicted octanol–water partition coefficient (Wildman–Crippen LogP) is 3.49. The van der Waals surface area contributed by atoms with Crippen LogP contribution in [-0.4, -0.2) is 46.2 Å². The smallest absolute Gasteiger partial charge is 0.197 e. The second kappa shape index (κ2) is 7.40. The fourth-order valence-electron chi connectivity index (χ4n) is 8.28. The number of carbonyl (C=O) groups is 2. The van der Waals surface area contributed by atoms with Crippen LogP contribution in [0.15, 0.2) is 35.2 Å². The predicted molar refractivity (Wildman–Crippen MR) is 121 cm³/mol. The third kappa shape index (κ3) is 2.69. The Morgan fingerprint density at radius 1 is 1.35 bits per heavy atom. The number of aliphatic hydroxyl groups excluding tert-OH is 2. The monoisotopic (exact) mass is 488 g/mol. The van der Waals surface area contributed by atoms with E-state index in [1.54, 1.807) is 17.5 Å². The molecule has 0 aromatic carbocycles. The van der Waals surface area contributed by atoms with Gasteiger partial charge in [-0.25, -0.2) is 4.39 Å². The summed E-state index contributed by atoms with van der Waals surface area (Å²) < 4.78 is 26.9. The highest BCUT2D eigenvalue weighted by Crippen LogP contribution is 2.70. The minimum Gasteiger partial charge on any atom is -0.393 e. The van der Waals surface area contributed by atoms with Crippen molar-refractivity contribution in [3.05, 3.63) is 45.9 Å². The zero-order valence-electron chi connectivity index (χ0n) is 19.2. The molecule has 1 aliphatic heterocycles. The molecule has 2 N–H and O–H groups in total. The van der Waals surface area contributed by atoms with E-state index in [2.05, 4.69) is 6.92 Å². The van der Waals surface area contributed by atoms with Gasteiger partial charge >= 0.3 is 0 Å². The Morgan fingerprint density at radius 2 is 2.15 bits per heavy atom. The number of thiophene rings is 1. The summed E-state index contributed by atoms with van der Waals surface area (Å²) >= 11 is 1.17. The number of Topliss-reactive ketones (excluding diaryl/α,β-unsaturated/α-hetero) is 1. The van der Waals surface area contributed by atoms with Crippen molar-refractivity contribution in [1.82, 2.24) is 0 Å². The van der Waals surface area contributed by atoms with E-state index in [9.17, 15) is 24.2 Å². The molecule has 1 aromatic heterocycles. The van der Waals surface area contributed by atoms with Crippen LogP contribution in [0.4, 0.5) is 4.39 Å². The highest BCUT2D eigenvalue weighted by molar-refractivity contribution is 7.10. The molecule has 0 radical (unpaired) electrons. The fraction of sp³-hybridized carbons (Fsp3) is 0.615. The van der Waals surface area contributed by atoms with E-state index >= 15 is 0 Å². The SMILES string of the molecule is C[C@]12C=CC(=O)C=C1CC[C@H]1C3C[C@H]4O[C@@H](c5sccc5F)O[C@@]4(C(=O)CO)[C@@]3(C)C[C@H](O)[C@@H]12. The molecule has 4 aliphatic carbocycles. The molecule has 0 bridgehead atoms. The average Bonchev–Trinajstić information content (AvgIpc) is 3.45. The molecule has 1 unspecified atom stereocenters. The summed E-state index contributed by atoms with van der Waals surface area (Å²) in [5.41, 5.74) is -1.60. The average molecular weight is 489 g/mol. The van der Waals surface area contributed by atoms with Crippen LogP contribution in [0.3, 0.4) is 0 Å². The number of rotatable bonds is 3. The number of fused-ring (bicyclic) bond motifs is 7. The number of hydrogen-bond acceptors (Lipinski definition) is 7. The number of aliphatic hydroxyl groups is 2. The standard InChI is InChI=1S/C26H29FO6S/c1-24-7-5-14(29)9-13(24)3-4-15-16-10-20-26(19(31)12-28,25(16,2)11-18(30)21(15)24)33-23(32-20)22-17(27)6-8-34-22/h5-9,15-16,18,20-21,23,28,30H,3-4,10-12H2,1-2H3/t15-,16?,18-,20+,21+,23+,24-,25-,26+/m0/s1. The highest BCUT2D eigenvalue weighted by atomic mass is 32.1. The van der Waals surface area contributed by atoms with Crippen molar-refractivity contribution in [3.8, 4) is 0 Å². The van der Waals surface area contributed by atoms with Crippen molar-refractivity contribution in [2.24, 2.45) is 28.6 Å². The maximum atomic E-state index is 14.4. The normalized spacial score (nSPS) is 47.0. The number of hydrogen-bond donors (Lipinski definition) is 2. The zero-order valence-corrected chi connectivity index (χ0v) is 20.0. The number of ether oxygens (including phenoxy) is 2. The van der Waals surface area contributed by atoms with Gasteiger partial charge < -0.3 is 19.7 Å². The van der Waals surface area contributed by atoms with Crippen molar-refractivity contribution >= 4 is 22.9 Å². The Morgan fingerprint density at radius 3 is 2.85 bits per heavy atom. The second-order valence-corrected chi connectivity index (χ2v) is 11.9. The molecule has 8 heteroatoms. The Hall–Kier alpha value is -1.71. The fourth-order valence-corrected chi connectivity index (χ4v) is 9.01. The molecule has 182 valence electrons. The lowest BCUT2D eigenvalue weighted by molar-refractivity contribution is -0.200. The van der Waals surface area contributed by atoms with E-state index in [4.69, 9.17) is 9.47 Å². The van der Waals surface area contributed by atoms with Crippen LogP contribution < -0.4 is 0 Å². The molecule has 6 rings (SSSR count). The molecule has 0 amide bonds. The van der Waals surface area contributed by atoms with Gasteiger partial charge in [-0.3, -0.25) is 9.59 Å². The zero-order chi connectivity index (χ0) is 24.0. The van der Waals surface area contributed by atoms with E-state index in [1.165, 1.54) is 17.4 Å². The van der Waals surface area contributed by atoms with Crippen LogP contribution in [0.1, 0.15) is 50.7 Å². The maximum Gasteiger partial charge on any atom is 0.197 e. The van der Waals surface area contributed by atoms with Crippen molar-refractivity contribution in [2.45, 2.75) is 63.6 Å². The third-order valence-electron chi connectivity index (χ3n) is 9.65. The summed E-state index contributed by atoms with van der Waals surface area (Å²) in [5.74, 6) is -0.923. The number of halogens is 1. The van der Waals surface area contributed by atoms with Gasteiger partial charge in [-0.2, -0.15) is 0 Å².